The topological polar surface area (TPSA) is 75.9 Å². The first-order valence-corrected chi connectivity index (χ1v) is 10.9. The smallest absolute Gasteiger partial charge is 0.232 e. The molecule has 0 aromatic heterocycles. The van der Waals surface area contributed by atoms with Crippen LogP contribution < -0.4 is 5.73 Å². The maximum atomic E-state index is 14.1. The van der Waals surface area contributed by atoms with Crippen LogP contribution >= 0.6 is 0 Å². The van der Waals surface area contributed by atoms with Crippen molar-refractivity contribution in [1.29, 1.82) is 0 Å². The fraction of sp³-hybridized carbons (Fsp3) is 0.556. The molecule has 4 rings (SSSR count). The lowest BCUT2D eigenvalue weighted by atomic mass is 9.93. The predicted molar refractivity (Wildman–Crippen MR) is 95.9 cm³/mol. The van der Waals surface area contributed by atoms with Crippen LogP contribution in [0.25, 0.3) is 0 Å². The van der Waals surface area contributed by atoms with E-state index >= 15 is 0 Å². The van der Waals surface area contributed by atoms with Crippen molar-refractivity contribution in [3.05, 3.63) is 46.8 Å². The molecule has 0 unspecified atom stereocenters. The standard InChI is InChI=1S/C18H23F2N3O3S/c1-27(24,25)23-7-5-16-17(23)4-6-22(16)12-9-15(21)18(26-10-12)13-8-11(19)2-3-14(13)20/h2-3,8,12,15,18H,4-7,9-10,21H2,1H3/t12-,15+,18-/m1/s1. The summed E-state index contributed by atoms with van der Waals surface area (Å²) in [5.41, 5.74) is 8.31. The van der Waals surface area contributed by atoms with Crippen molar-refractivity contribution in [2.75, 3.05) is 26.0 Å². The lowest BCUT2D eigenvalue weighted by molar-refractivity contribution is -0.0432. The molecule has 0 saturated carbocycles. The first-order valence-electron chi connectivity index (χ1n) is 9.04. The second-order valence-corrected chi connectivity index (χ2v) is 9.30. The highest BCUT2D eigenvalue weighted by Crippen LogP contribution is 2.40. The van der Waals surface area contributed by atoms with E-state index in [1.807, 2.05) is 0 Å². The Morgan fingerprint density at radius 2 is 1.93 bits per heavy atom. The van der Waals surface area contributed by atoms with Crippen LogP contribution in [0.15, 0.2) is 29.6 Å². The van der Waals surface area contributed by atoms with Crippen LogP contribution in [0.4, 0.5) is 8.78 Å². The maximum absolute atomic E-state index is 14.1. The summed E-state index contributed by atoms with van der Waals surface area (Å²) in [6, 6.07) is 2.82. The summed E-state index contributed by atoms with van der Waals surface area (Å²) in [6.45, 7) is 1.52. The van der Waals surface area contributed by atoms with Gasteiger partial charge in [-0.3, -0.25) is 4.31 Å². The van der Waals surface area contributed by atoms with E-state index in [-0.39, 0.29) is 11.6 Å². The van der Waals surface area contributed by atoms with Gasteiger partial charge in [0.2, 0.25) is 10.0 Å². The average Bonchev–Trinajstić information content (AvgIpc) is 3.18. The van der Waals surface area contributed by atoms with Crippen LogP contribution in [0.5, 0.6) is 0 Å². The predicted octanol–water partition coefficient (Wildman–Crippen LogP) is 1.70. The van der Waals surface area contributed by atoms with Crippen LogP contribution in [-0.4, -0.2) is 55.7 Å². The summed E-state index contributed by atoms with van der Waals surface area (Å²) in [6.07, 6.45) is 2.45. The second kappa shape index (κ2) is 6.72. The summed E-state index contributed by atoms with van der Waals surface area (Å²) in [7, 11) is -3.26. The molecule has 0 spiro atoms. The van der Waals surface area contributed by atoms with Crippen LogP contribution in [0.1, 0.15) is 30.9 Å². The Morgan fingerprint density at radius 1 is 1.19 bits per heavy atom. The number of nitrogens with two attached hydrogens (primary N) is 1. The van der Waals surface area contributed by atoms with Gasteiger partial charge in [0, 0.05) is 48.9 Å². The molecule has 3 aliphatic heterocycles. The number of rotatable bonds is 3. The largest absolute Gasteiger partial charge is 0.370 e. The van der Waals surface area contributed by atoms with Gasteiger partial charge in [-0.15, -0.1) is 0 Å². The van der Waals surface area contributed by atoms with Crippen molar-refractivity contribution in [1.82, 2.24) is 9.21 Å². The summed E-state index contributed by atoms with van der Waals surface area (Å²) < 4.78 is 58.8. The SMILES string of the molecule is CS(=O)(=O)N1CCC2=C1CCN2[C@H]1CO[C@H](c2cc(F)ccc2F)[C@@H](N)C1. The van der Waals surface area contributed by atoms with Gasteiger partial charge < -0.3 is 15.4 Å². The normalized spacial score (nSPS) is 28.8. The zero-order chi connectivity index (χ0) is 19.3. The van der Waals surface area contributed by atoms with Gasteiger partial charge in [-0.2, -0.15) is 0 Å². The highest BCUT2D eigenvalue weighted by molar-refractivity contribution is 7.88. The van der Waals surface area contributed by atoms with Gasteiger partial charge in [-0.25, -0.2) is 17.2 Å². The van der Waals surface area contributed by atoms with E-state index < -0.39 is 33.8 Å². The Labute approximate surface area is 157 Å². The van der Waals surface area contributed by atoms with Crippen molar-refractivity contribution < 1.29 is 21.9 Å². The molecule has 148 valence electrons. The molecule has 3 heterocycles. The van der Waals surface area contributed by atoms with E-state index in [9.17, 15) is 17.2 Å². The van der Waals surface area contributed by atoms with Gasteiger partial charge in [0.25, 0.3) is 0 Å². The Morgan fingerprint density at radius 3 is 2.63 bits per heavy atom. The third-order valence-corrected chi connectivity index (χ3v) is 6.83. The number of hydrogen-bond donors (Lipinski definition) is 1. The van der Waals surface area contributed by atoms with E-state index in [0.29, 0.717) is 32.4 Å². The molecular formula is C18H23F2N3O3S. The van der Waals surface area contributed by atoms with E-state index in [4.69, 9.17) is 10.5 Å². The third kappa shape index (κ3) is 3.32. The monoisotopic (exact) mass is 399 g/mol. The summed E-state index contributed by atoms with van der Waals surface area (Å²) in [4.78, 5) is 2.18. The molecule has 0 bridgehead atoms. The first-order chi connectivity index (χ1) is 12.8. The van der Waals surface area contributed by atoms with Crippen LogP contribution in [0.2, 0.25) is 0 Å². The minimum atomic E-state index is -3.26. The summed E-state index contributed by atoms with van der Waals surface area (Å²) in [5, 5.41) is 0. The number of benzene rings is 1. The second-order valence-electron chi connectivity index (χ2n) is 7.40. The third-order valence-electron chi connectivity index (χ3n) is 5.63. The van der Waals surface area contributed by atoms with Gasteiger partial charge >= 0.3 is 0 Å². The lowest BCUT2D eigenvalue weighted by Gasteiger charge is -2.40. The van der Waals surface area contributed by atoms with Gasteiger partial charge in [-0.1, -0.05) is 0 Å². The quantitative estimate of drug-likeness (QED) is 0.837. The maximum Gasteiger partial charge on any atom is 0.232 e. The fourth-order valence-corrected chi connectivity index (χ4v) is 5.47. The summed E-state index contributed by atoms with van der Waals surface area (Å²) >= 11 is 0. The van der Waals surface area contributed by atoms with Crippen LogP contribution in [0, 0.1) is 11.6 Å². The molecule has 1 saturated heterocycles. The number of hydrogen-bond acceptors (Lipinski definition) is 5. The molecule has 0 radical (unpaired) electrons. The number of sulfonamides is 1. The molecule has 3 aliphatic rings. The van der Waals surface area contributed by atoms with Crippen molar-refractivity contribution in [3.8, 4) is 0 Å². The Kier molecular flexibility index (Phi) is 4.64. The Balaban J connectivity index is 1.50. The molecule has 1 aromatic rings. The molecule has 6 nitrogen and oxygen atoms in total. The molecule has 2 N–H and O–H groups in total. The molecule has 0 aliphatic carbocycles. The Bertz CT molecular complexity index is 890. The zero-order valence-corrected chi connectivity index (χ0v) is 15.9. The van der Waals surface area contributed by atoms with E-state index in [1.165, 1.54) is 10.6 Å². The summed E-state index contributed by atoms with van der Waals surface area (Å²) in [5.74, 6) is -1.05. The minimum Gasteiger partial charge on any atom is -0.370 e. The van der Waals surface area contributed by atoms with Gasteiger partial charge in [-0.05, 0) is 24.6 Å². The molecule has 27 heavy (non-hydrogen) atoms. The van der Waals surface area contributed by atoms with Crippen molar-refractivity contribution in [2.45, 2.75) is 37.5 Å². The zero-order valence-electron chi connectivity index (χ0n) is 15.1. The number of halogens is 2. The van der Waals surface area contributed by atoms with Gasteiger partial charge in [0.1, 0.15) is 17.7 Å². The van der Waals surface area contributed by atoms with Gasteiger partial charge in [0.05, 0.1) is 18.9 Å². The Hall–Kier alpha value is -1.71. The first kappa shape index (κ1) is 18.6. The van der Waals surface area contributed by atoms with E-state index in [0.717, 1.165) is 36.1 Å². The molecular weight excluding hydrogens is 376 g/mol. The van der Waals surface area contributed by atoms with Gasteiger partial charge in [0.15, 0.2) is 0 Å². The minimum absolute atomic E-state index is 0.000111. The van der Waals surface area contributed by atoms with E-state index in [2.05, 4.69) is 4.90 Å². The van der Waals surface area contributed by atoms with E-state index in [1.54, 1.807) is 0 Å². The molecule has 0 amide bonds. The fourth-order valence-electron chi connectivity index (χ4n) is 4.45. The molecule has 9 heteroatoms. The highest BCUT2D eigenvalue weighted by Gasteiger charge is 2.41. The van der Waals surface area contributed by atoms with Crippen molar-refractivity contribution in [2.24, 2.45) is 5.73 Å². The molecule has 1 aromatic carbocycles. The number of nitrogens with zero attached hydrogens (tertiary/aromatic N) is 2. The average molecular weight is 399 g/mol. The molecule has 1 fully saturated rings. The van der Waals surface area contributed by atoms with Crippen molar-refractivity contribution >= 4 is 10.0 Å². The van der Waals surface area contributed by atoms with Crippen LogP contribution in [-0.2, 0) is 14.8 Å². The van der Waals surface area contributed by atoms with Crippen molar-refractivity contribution in [3.63, 3.8) is 0 Å². The highest BCUT2D eigenvalue weighted by atomic mass is 32.2. The molecule has 3 atom stereocenters. The van der Waals surface area contributed by atoms with Crippen LogP contribution in [0.3, 0.4) is 0 Å². The lowest BCUT2D eigenvalue weighted by Crippen LogP contribution is -2.48. The number of ether oxygens (including phenoxy) is 1.